The lowest BCUT2D eigenvalue weighted by Gasteiger charge is -2.40. The van der Waals surface area contributed by atoms with Gasteiger partial charge in [-0.15, -0.1) is 0 Å². The second-order valence-electron chi connectivity index (χ2n) is 8.24. The average Bonchev–Trinajstić information content (AvgIpc) is 3.05. The summed E-state index contributed by atoms with van der Waals surface area (Å²) in [6.07, 6.45) is -2.96. The number of piperidine rings is 1. The fourth-order valence-corrected chi connectivity index (χ4v) is 4.23. The maximum Gasteiger partial charge on any atom is 0.416 e. The number of rotatable bonds is 3. The van der Waals surface area contributed by atoms with Gasteiger partial charge >= 0.3 is 6.18 Å². The topological polar surface area (TPSA) is 66.6 Å². The molecule has 1 aromatic carbocycles. The van der Waals surface area contributed by atoms with E-state index in [9.17, 15) is 22.8 Å². The van der Waals surface area contributed by atoms with E-state index in [4.69, 9.17) is 5.73 Å². The molecule has 0 bridgehead atoms. The fraction of sp³-hybridized carbons (Fsp3) is 0.600. The second-order valence-corrected chi connectivity index (χ2v) is 8.24. The molecule has 0 saturated carbocycles. The highest BCUT2D eigenvalue weighted by Crippen LogP contribution is 2.40. The molecule has 28 heavy (non-hydrogen) atoms. The number of hydrogen-bond donors (Lipinski definition) is 1. The van der Waals surface area contributed by atoms with Crippen LogP contribution in [0.25, 0.3) is 0 Å². The number of nitrogens with zero attached hydrogens (tertiary/aromatic N) is 2. The van der Waals surface area contributed by atoms with Crippen molar-refractivity contribution in [3.63, 3.8) is 0 Å². The first kappa shape index (κ1) is 20.6. The van der Waals surface area contributed by atoms with Gasteiger partial charge in [0.15, 0.2) is 0 Å². The molecule has 0 aliphatic carbocycles. The van der Waals surface area contributed by atoms with Gasteiger partial charge in [0.1, 0.15) is 0 Å². The van der Waals surface area contributed by atoms with Crippen LogP contribution in [0, 0.1) is 11.3 Å². The number of benzene rings is 1. The molecule has 3 rings (SSSR count). The molecule has 3 unspecified atom stereocenters. The lowest BCUT2D eigenvalue weighted by atomic mass is 9.83. The molecule has 2 amide bonds. The van der Waals surface area contributed by atoms with E-state index in [0.29, 0.717) is 31.6 Å². The van der Waals surface area contributed by atoms with Crippen molar-refractivity contribution in [3.8, 4) is 0 Å². The molecule has 3 atom stereocenters. The van der Waals surface area contributed by atoms with Gasteiger partial charge in [0.05, 0.1) is 17.5 Å². The summed E-state index contributed by atoms with van der Waals surface area (Å²) in [7, 11) is 1.61. The molecule has 2 aliphatic heterocycles. The number of amides is 2. The summed E-state index contributed by atoms with van der Waals surface area (Å²) in [5, 5.41) is 0. The Morgan fingerprint density at radius 3 is 2.46 bits per heavy atom. The standard InChI is InChI=1S/C20H26F3N3O2/c1-19(11-24)9-10-26(12-19)18(28)15-7-8-16(27)25(2)17(15)13-3-5-14(6-4-13)20(21,22)23/h3-6,15,17H,7-12,24H2,1-2H3. The number of alkyl halides is 3. The molecule has 1 aromatic rings. The molecule has 2 saturated heterocycles. The fourth-order valence-electron chi connectivity index (χ4n) is 4.23. The van der Waals surface area contributed by atoms with Crippen LogP contribution in [0.3, 0.4) is 0 Å². The third kappa shape index (κ3) is 3.87. The molecule has 8 heteroatoms. The summed E-state index contributed by atoms with van der Waals surface area (Å²) in [6.45, 7) is 3.71. The molecular weight excluding hydrogens is 371 g/mol. The van der Waals surface area contributed by atoms with Gasteiger partial charge in [-0.25, -0.2) is 0 Å². The quantitative estimate of drug-likeness (QED) is 0.853. The van der Waals surface area contributed by atoms with Crippen LogP contribution in [0.2, 0.25) is 0 Å². The van der Waals surface area contributed by atoms with Crippen molar-refractivity contribution in [3.05, 3.63) is 35.4 Å². The molecule has 5 nitrogen and oxygen atoms in total. The monoisotopic (exact) mass is 397 g/mol. The summed E-state index contributed by atoms with van der Waals surface area (Å²) in [6, 6.07) is 4.19. The highest BCUT2D eigenvalue weighted by atomic mass is 19.4. The van der Waals surface area contributed by atoms with Crippen molar-refractivity contribution in [1.29, 1.82) is 0 Å². The lowest BCUT2D eigenvalue weighted by Crippen LogP contribution is -2.47. The molecule has 0 radical (unpaired) electrons. The van der Waals surface area contributed by atoms with Crippen molar-refractivity contribution in [2.75, 3.05) is 26.7 Å². The van der Waals surface area contributed by atoms with E-state index in [1.54, 1.807) is 11.9 Å². The van der Waals surface area contributed by atoms with Gasteiger partial charge in [-0.3, -0.25) is 9.59 Å². The zero-order valence-electron chi connectivity index (χ0n) is 16.1. The highest BCUT2D eigenvalue weighted by molar-refractivity contribution is 5.85. The van der Waals surface area contributed by atoms with Crippen LogP contribution >= 0.6 is 0 Å². The molecule has 2 N–H and O–H groups in total. The molecular formula is C20H26F3N3O2. The first-order valence-electron chi connectivity index (χ1n) is 9.47. The molecule has 0 spiro atoms. The van der Waals surface area contributed by atoms with Gasteiger partial charge < -0.3 is 15.5 Å². The Balaban J connectivity index is 1.87. The Bertz CT molecular complexity index is 750. The van der Waals surface area contributed by atoms with Gasteiger partial charge in [-0.05, 0) is 42.5 Å². The zero-order valence-corrected chi connectivity index (χ0v) is 16.1. The first-order valence-corrected chi connectivity index (χ1v) is 9.47. The van der Waals surface area contributed by atoms with E-state index in [1.165, 1.54) is 17.0 Å². The van der Waals surface area contributed by atoms with Gasteiger partial charge in [-0.1, -0.05) is 19.1 Å². The van der Waals surface area contributed by atoms with Gasteiger partial charge in [0.25, 0.3) is 0 Å². The van der Waals surface area contributed by atoms with Crippen molar-refractivity contribution in [1.82, 2.24) is 9.80 Å². The van der Waals surface area contributed by atoms with Crippen LogP contribution in [0.15, 0.2) is 24.3 Å². The molecule has 154 valence electrons. The van der Waals surface area contributed by atoms with Crippen LogP contribution in [0.5, 0.6) is 0 Å². The van der Waals surface area contributed by atoms with Crippen LogP contribution < -0.4 is 5.73 Å². The van der Waals surface area contributed by atoms with Crippen molar-refractivity contribution < 1.29 is 22.8 Å². The third-order valence-corrected chi connectivity index (χ3v) is 6.12. The maximum absolute atomic E-state index is 13.2. The van der Waals surface area contributed by atoms with Crippen molar-refractivity contribution in [2.24, 2.45) is 17.1 Å². The third-order valence-electron chi connectivity index (χ3n) is 6.12. The van der Waals surface area contributed by atoms with Gasteiger partial charge in [-0.2, -0.15) is 13.2 Å². The van der Waals surface area contributed by atoms with E-state index in [0.717, 1.165) is 18.6 Å². The maximum atomic E-state index is 13.2. The summed E-state index contributed by atoms with van der Waals surface area (Å²) >= 11 is 0. The Kier molecular flexibility index (Phi) is 5.44. The zero-order chi connectivity index (χ0) is 20.7. The first-order chi connectivity index (χ1) is 13.1. The Morgan fingerprint density at radius 1 is 1.29 bits per heavy atom. The van der Waals surface area contributed by atoms with Crippen LogP contribution in [0.4, 0.5) is 13.2 Å². The summed E-state index contributed by atoms with van der Waals surface area (Å²) in [5.41, 5.74) is 5.51. The SMILES string of the molecule is CN1C(=O)CCC(C(=O)N2CCC(C)(CN)C2)C1c1ccc(C(F)(F)F)cc1. The van der Waals surface area contributed by atoms with E-state index in [1.807, 2.05) is 6.92 Å². The predicted octanol–water partition coefficient (Wildman–Crippen LogP) is 2.81. The average molecular weight is 397 g/mol. The number of carbonyl (C=O) groups excluding carboxylic acids is 2. The number of halogens is 3. The van der Waals surface area contributed by atoms with E-state index in [2.05, 4.69) is 0 Å². The minimum absolute atomic E-state index is 0.0542. The summed E-state index contributed by atoms with van der Waals surface area (Å²) in [4.78, 5) is 28.8. The van der Waals surface area contributed by atoms with Crippen LogP contribution in [-0.4, -0.2) is 48.3 Å². The smallest absolute Gasteiger partial charge is 0.342 e. The highest BCUT2D eigenvalue weighted by Gasteiger charge is 2.44. The minimum atomic E-state index is -4.43. The van der Waals surface area contributed by atoms with E-state index in [-0.39, 0.29) is 23.7 Å². The number of hydrogen-bond acceptors (Lipinski definition) is 3. The number of carbonyl (C=O) groups is 2. The Hall–Kier alpha value is -2.09. The minimum Gasteiger partial charge on any atom is -0.342 e. The lowest BCUT2D eigenvalue weighted by molar-refractivity contribution is -0.146. The van der Waals surface area contributed by atoms with E-state index < -0.39 is 23.7 Å². The van der Waals surface area contributed by atoms with Gasteiger partial charge in [0, 0.05) is 26.6 Å². The summed E-state index contributed by atoms with van der Waals surface area (Å²) < 4.78 is 38.6. The van der Waals surface area contributed by atoms with Crippen LogP contribution in [-0.2, 0) is 15.8 Å². The normalized spacial score (nSPS) is 28.7. The Morgan fingerprint density at radius 2 is 1.93 bits per heavy atom. The van der Waals surface area contributed by atoms with E-state index >= 15 is 0 Å². The molecule has 0 aromatic heterocycles. The van der Waals surface area contributed by atoms with Crippen molar-refractivity contribution in [2.45, 2.75) is 38.4 Å². The molecule has 2 fully saturated rings. The number of nitrogens with two attached hydrogens (primary N) is 1. The summed E-state index contributed by atoms with van der Waals surface area (Å²) in [5.74, 6) is -0.636. The Labute approximate surface area is 162 Å². The molecule has 2 aliphatic rings. The van der Waals surface area contributed by atoms with Gasteiger partial charge in [0.2, 0.25) is 11.8 Å². The second kappa shape index (κ2) is 7.39. The number of likely N-dealkylation sites (tertiary alicyclic amines) is 2. The van der Waals surface area contributed by atoms with Crippen molar-refractivity contribution >= 4 is 11.8 Å². The van der Waals surface area contributed by atoms with Crippen LogP contribution in [0.1, 0.15) is 43.4 Å². The largest absolute Gasteiger partial charge is 0.416 e. The molecule has 2 heterocycles. The predicted molar refractivity (Wildman–Crippen MR) is 98.0 cm³/mol.